The first-order valence-electron chi connectivity index (χ1n) is 10.1. The lowest BCUT2D eigenvalue weighted by Crippen LogP contribution is -2.62. The van der Waals surface area contributed by atoms with E-state index < -0.39 is 17.1 Å². The van der Waals surface area contributed by atoms with Crippen LogP contribution in [-0.2, 0) is 28.6 Å². The fraction of sp³-hybridized carbons (Fsp3) is 0.857. The van der Waals surface area contributed by atoms with E-state index in [1.165, 1.54) is 13.8 Å². The molecule has 0 amide bonds. The minimum atomic E-state index is -0.777. The summed E-state index contributed by atoms with van der Waals surface area (Å²) in [5, 5.41) is 0. The van der Waals surface area contributed by atoms with Crippen molar-refractivity contribution >= 4 is 17.9 Å². The van der Waals surface area contributed by atoms with Crippen LogP contribution in [0.25, 0.3) is 0 Å². The monoisotopic (exact) mass is 380 g/mol. The molecule has 3 rings (SSSR count). The van der Waals surface area contributed by atoms with Crippen LogP contribution in [-0.4, -0.2) is 36.2 Å². The molecule has 1 unspecified atom stereocenters. The van der Waals surface area contributed by atoms with Crippen LogP contribution in [0.4, 0.5) is 0 Å². The van der Waals surface area contributed by atoms with Gasteiger partial charge in [0.25, 0.3) is 0 Å². The van der Waals surface area contributed by atoms with Crippen LogP contribution < -0.4 is 0 Å². The molecule has 152 valence electrons. The third kappa shape index (κ3) is 2.87. The Hall–Kier alpha value is -1.59. The van der Waals surface area contributed by atoms with Gasteiger partial charge in [0.2, 0.25) is 0 Å². The molecule has 0 aromatic heterocycles. The maximum absolute atomic E-state index is 13.1. The Labute approximate surface area is 161 Å². The lowest BCUT2D eigenvalue weighted by atomic mass is 9.46. The summed E-state index contributed by atoms with van der Waals surface area (Å²) in [7, 11) is 0. The molecule has 6 heteroatoms. The zero-order chi connectivity index (χ0) is 20.0. The van der Waals surface area contributed by atoms with Crippen LogP contribution in [0.2, 0.25) is 0 Å². The lowest BCUT2D eigenvalue weighted by molar-refractivity contribution is -0.198. The number of hydrogen-bond acceptors (Lipinski definition) is 6. The van der Waals surface area contributed by atoms with Crippen molar-refractivity contribution in [2.75, 3.05) is 6.61 Å². The van der Waals surface area contributed by atoms with Crippen molar-refractivity contribution in [2.24, 2.45) is 22.7 Å². The molecule has 6 atom stereocenters. The summed E-state index contributed by atoms with van der Waals surface area (Å²) in [6.07, 6.45) is 4.43. The molecule has 2 saturated carbocycles. The SMILES string of the molecule is CC(=O)OCCC[C@@]1(C)C(C)CC[C@@H]2[C@@]3(C)C(=O)O[C@]21CC[C@H]3OC(C)=O. The average Bonchev–Trinajstić information content (AvgIpc) is 2.74. The summed E-state index contributed by atoms with van der Waals surface area (Å²) in [5.41, 5.74) is -1.49. The van der Waals surface area contributed by atoms with Gasteiger partial charge in [-0.05, 0) is 51.4 Å². The maximum atomic E-state index is 13.1. The first kappa shape index (κ1) is 20.2. The second-order valence-corrected chi connectivity index (χ2v) is 9.09. The predicted octanol–water partition coefficient (Wildman–Crippen LogP) is 3.41. The van der Waals surface area contributed by atoms with Crippen molar-refractivity contribution in [3.05, 3.63) is 0 Å². The third-order valence-corrected chi connectivity index (χ3v) is 7.84. The number of ether oxygens (including phenoxy) is 3. The quantitative estimate of drug-likeness (QED) is 0.413. The van der Waals surface area contributed by atoms with E-state index in [-0.39, 0.29) is 29.2 Å². The van der Waals surface area contributed by atoms with Crippen molar-refractivity contribution in [2.45, 2.75) is 84.8 Å². The first-order chi connectivity index (χ1) is 12.6. The van der Waals surface area contributed by atoms with Crippen LogP contribution in [0.1, 0.15) is 73.1 Å². The molecule has 3 fully saturated rings. The largest absolute Gasteiger partial charge is 0.466 e. The molecule has 1 heterocycles. The number of carbonyl (C=O) groups is 3. The summed E-state index contributed by atoms with van der Waals surface area (Å²) in [6.45, 7) is 9.58. The summed E-state index contributed by atoms with van der Waals surface area (Å²) in [5.74, 6) is -0.398. The van der Waals surface area contributed by atoms with Crippen LogP contribution in [0.3, 0.4) is 0 Å². The van der Waals surface area contributed by atoms with Gasteiger partial charge < -0.3 is 14.2 Å². The van der Waals surface area contributed by atoms with Gasteiger partial charge in [0, 0.05) is 25.2 Å². The Morgan fingerprint density at radius 2 is 1.85 bits per heavy atom. The maximum Gasteiger partial charge on any atom is 0.316 e. The molecule has 6 nitrogen and oxygen atoms in total. The zero-order valence-electron chi connectivity index (χ0n) is 17.1. The zero-order valence-corrected chi connectivity index (χ0v) is 17.1. The molecule has 1 aliphatic heterocycles. The Morgan fingerprint density at radius 3 is 2.48 bits per heavy atom. The smallest absolute Gasteiger partial charge is 0.316 e. The molecule has 0 aromatic carbocycles. The highest BCUT2D eigenvalue weighted by Gasteiger charge is 2.75. The molecule has 0 N–H and O–H groups in total. The molecule has 0 spiro atoms. The highest BCUT2D eigenvalue weighted by Crippen LogP contribution is 2.68. The number of carbonyl (C=O) groups excluding carboxylic acids is 3. The van der Waals surface area contributed by atoms with Gasteiger partial charge in [0.05, 0.1) is 6.61 Å². The van der Waals surface area contributed by atoms with E-state index in [4.69, 9.17) is 14.2 Å². The Balaban J connectivity index is 1.89. The van der Waals surface area contributed by atoms with Crippen molar-refractivity contribution < 1.29 is 28.6 Å². The Bertz CT molecular complexity index is 645. The minimum absolute atomic E-state index is 0.0468. The van der Waals surface area contributed by atoms with E-state index in [1.54, 1.807) is 0 Å². The highest BCUT2D eigenvalue weighted by atomic mass is 16.6. The Kier molecular flexibility index (Phi) is 5.06. The van der Waals surface area contributed by atoms with Crippen molar-refractivity contribution in [1.82, 2.24) is 0 Å². The topological polar surface area (TPSA) is 78.9 Å². The molecule has 27 heavy (non-hydrogen) atoms. The summed E-state index contributed by atoms with van der Waals surface area (Å²) in [6, 6.07) is 0. The molecular formula is C21H32O6. The minimum Gasteiger partial charge on any atom is -0.466 e. The van der Waals surface area contributed by atoms with Gasteiger partial charge in [-0.15, -0.1) is 0 Å². The average molecular weight is 380 g/mol. The normalized spacial score (nSPS) is 42.9. The fourth-order valence-electron chi connectivity index (χ4n) is 6.18. The second-order valence-electron chi connectivity index (χ2n) is 9.09. The second kappa shape index (κ2) is 6.78. The predicted molar refractivity (Wildman–Crippen MR) is 97.6 cm³/mol. The summed E-state index contributed by atoms with van der Waals surface area (Å²) < 4.78 is 16.9. The van der Waals surface area contributed by atoms with E-state index in [0.29, 0.717) is 25.4 Å². The van der Waals surface area contributed by atoms with Gasteiger partial charge in [0.15, 0.2) is 0 Å². The number of hydrogen-bond donors (Lipinski definition) is 0. The van der Waals surface area contributed by atoms with Crippen LogP contribution in [0.5, 0.6) is 0 Å². The fourth-order valence-corrected chi connectivity index (χ4v) is 6.18. The molecular weight excluding hydrogens is 348 g/mol. The summed E-state index contributed by atoms with van der Waals surface area (Å²) in [4.78, 5) is 35.7. The molecule has 2 bridgehead atoms. The molecule has 0 radical (unpaired) electrons. The van der Waals surface area contributed by atoms with Gasteiger partial charge in [-0.3, -0.25) is 14.4 Å². The van der Waals surface area contributed by atoms with Crippen molar-refractivity contribution in [3.63, 3.8) is 0 Å². The van der Waals surface area contributed by atoms with E-state index in [9.17, 15) is 14.4 Å². The lowest BCUT2D eigenvalue weighted by Gasteiger charge is -2.59. The van der Waals surface area contributed by atoms with Gasteiger partial charge >= 0.3 is 17.9 Å². The van der Waals surface area contributed by atoms with E-state index >= 15 is 0 Å². The van der Waals surface area contributed by atoms with Gasteiger partial charge in [-0.2, -0.15) is 0 Å². The van der Waals surface area contributed by atoms with E-state index in [2.05, 4.69) is 13.8 Å². The van der Waals surface area contributed by atoms with Crippen LogP contribution in [0.15, 0.2) is 0 Å². The van der Waals surface area contributed by atoms with Gasteiger partial charge in [0.1, 0.15) is 17.1 Å². The van der Waals surface area contributed by atoms with E-state index in [1.807, 2.05) is 6.92 Å². The van der Waals surface area contributed by atoms with E-state index in [0.717, 1.165) is 25.7 Å². The highest BCUT2D eigenvalue weighted by molar-refractivity contribution is 5.82. The van der Waals surface area contributed by atoms with Crippen LogP contribution in [0, 0.1) is 22.7 Å². The molecule has 3 aliphatic rings. The van der Waals surface area contributed by atoms with Gasteiger partial charge in [-0.25, -0.2) is 0 Å². The molecule has 0 aromatic rings. The van der Waals surface area contributed by atoms with Crippen molar-refractivity contribution in [1.29, 1.82) is 0 Å². The summed E-state index contributed by atoms with van der Waals surface area (Å²) >= 11 is 0. The Morgan fingerprint density at radius 1 is 1.15 bits per heavy atom. The van der Waals surface area contributed by atoms with Crippen LogP contribution >= 0.6 is 0 Å². The number of rotatable bonds is 5. The standard InChI is InChI=1S/C21H32O6/c1-13-7-8-16-20(5)17(26-15(3)23)9-11-21(16,27-18(20)24)19(13,4)10-6-12-25-14(2)22/h13,16-17H,6-12H2,1-5H3/t13?,16-,17-,19+,20-,21-/m1/s1. The number of esters is 3. The van der Waals surface area contributed by atoms with Crippen molar-refractivity contribution in [3.8, 4) is 0 Å². The first-order valence-corrected chi connectivity index (χ1v) is 10.1. The van der Waals surface area contributed by atoms with Gasteiger partial charge in [-0.1, -0.05) is 13.8 Å². The molecule has 1 saturated heterocycles. The molecule has 2 aliphatic carbocycles. The third-order valence-electron chi connectivity index (χ3n) is 7.84.